The van der Waals surface area contributed by atoms with Gasteiger partial charge in [0.15, 0.2) is 23.0 Å². The lowest BCUT2D eigenvalue weighted by Crippen LogP contribution is -2.31. The van der Waals surface area contributed by atoms with Crippen molar-refractivity contribution in [2.45, 2.75) is 27.0 Å². The second-order valence-corrected chi connectivity index (χ2v) is 7.64. The lowest BCUT2D eigenvalue weighted by Gasteiger charge is -2.18. The van der Waals surface area contributed by atoms with E-state index >= 15 is 0 Å². The van der Waals surface area contributed by atoms with Crippen molar-refractivity contribution >= 4 is 15.9 Å². The van der Waals surface area contributed by atoms with E-state index in [-0.39, 0.29) is 6.79 Å². The van der Waals surface area contributed by atoms with Gasteiger partial charge in [-0.25, -0.2) is 0 Å². The molecule has 2 aromatic carbocycles. The molecule has 0 aliphatic carbocycles. The van der Waals surface area contributed by atoms with Crippen LogP contribution in [-0.4, -0.2) is 45.0 Å². The van der Waals surface area contributed by atoms with Gasteiger partial charge in [-0.1, -0.05) is 19.9 Å². The molecule has 1 aliphatic heterocycles. The fourth-order valence-electron chi connectivity index (χ4n) is 3.21. The van der Waals surface area contributed by atoms with E-state index in [0.717, 1.165) is 59.8 Å². The summed E-state index contributed by atoms with van der Waals surface area (Å²) >= 11 is 3.63. The number of ether oxygens (including phenoxy) is 4. The molecule has 7 heteroatoms. The molecule has 1 aliphatic rings. The highest BCUT2D eigenvalue weighted by molar-refractivity contribution is 9.10. The van der Waals surface area contributed by atoms with Gasteiger partial charge in [0.25, 0.3) is 0 Å². The van der Waals surface area contributed by atoms with E-state index in [2.05, 4.69) is 46.1 Å². The summed E-state index contributed by atoms with van der Waals surface area (Å²) in [5, 5.41) is 3.50. The Balaban J connectivity index is 1.59. The van der Waals surface area contributed by atoms with E-state index in [1.807, 2.05) is 24.3 Å². The Morgan fingerprint density at radius 1 is 1.07 bits per heavy atom. The molecule has 0 radical (unpaired) electrons. The number of fused-ring (bicyclic) bond motifs is 1. The van der Waals surface area contributed by atoms with Crippen LogP contribution in [0, 0.1) is 0 Å². The normalized spacial score (nSPS) is 12.4. The van der Waals surface area contributed by atoms with E-state index in [4.69, 9.17) is 18.9 Å². The molecule has 158 valence electrons. The molecule has 0 spiro atoms. The Labute approximate surface area is 181 Å². The van der Waals surface area contributed by atoms with E-state index < -0.39 is 0 Å². The molecular formula is C22H29BrN2O4. The third-order valence-corrected chi connectivity index (χ3v) is 5.53. The fraction of sp³-hybridized carbons (Fsp3) is 0.455. The Morgan fingerprint density at radius 3 is 2.62 bits per heavy atom. The maximum Gasteiger partial charge on any atom is 0.231 e. The molecule has 0 bridgehead atoms. The number of nitrogens with one attached hydrogen (secondary N) is 1. The van der Waals surface area contributed by atoms with Crippen molar-refractivity contribution in [2.75, 3.05) is 40.1 Å². The minimum absolute atomic E-state index is 0.267. The van der Waals surface area contributed by atoms with Crippen LogP contribution in [0.5, 0.6) is 23.0 Å². The average Bonchev–Trinajstić information content (AvgIpc) is 3.20. The number of benzene rings is 2. The quantitative estimate of drug-likeness (QED) is 0.503. The van der Waals surface area contributed by atoms with Gasteiger partial charge in [-0.15, -0.1) is 0 Å². The summed E-state index contributed by atoms with van der Waals surface area (Å²) < 4.78 is 23.3. The molecule has 1 heterocycles. The molecule has 6 nitrogen and oxygen atoms in total. The van der Waals surface area contributed by atoms with Crippen LogP contribution >= 0.6 is 15.9 Å². The van der Waals surface area contributed by atoms with Gasteiger partial charge in [0.1, 0.15) is 6.61 Å². The molecule has 0 fully saturated rings. The molecule has 0 saturated carbocycles. The van der Waals surface area contributed by atoms with Gasteiger partial charge < -0.3 is 29.2 Å². The van der Waals surface area contributed by atoms with Crippen LogP contribution in [0.2, 0.25) is 0 Å². The van der Waals surface area contributed by atoms with Crippen molar-refractivity contribution in [1.29, 1.82) is 0 Å². The van der Waals surface area contributed by atoms with Gasteiger partial charge in [0.2, 0.25) is 6.79 Å². The van der Waals surface area contributed by atoms with Crippen molar-refractivity contribution in [1.82, 2.24) is 10.2 Å². The second-order valence-electron chi connectivity index (χ2n) is 6.79. The first kappa shape index (κ1) is 21.7. The lowest BCUT2D eigenvalue weighted by molar-refractivity contribution is 0.174. The summed E-state index contributed by atoms with van der Waals surface area (Å²) in [5.41, 5.74) is 2.15. The number of hydrogen-bond acceptors (Lipinski definition) is 6. The van der Waals surface area contributed by atoms with Crippen molar-refractivity contribution in [3.63, 3.8) is 0 Å². The van der Waals surface area contributed by atoms with Crippen LogP contribution in [-0.2, 0) is 13.2 Å². The number of methoxy groups -OCH3 is 1. The highest BCUT2D eigenvalue weighted by atomic mass is 79.9. The monoisotopic (exact) mass is 464 g/mol. The van der Waals surface area contributed by atoms with Crippen LogP contribution in [0.4, 0.5) is 0 Å². The van der Waals surface area contributed by atoms with Crippen LogP contribution in [0.1, 0.15) is 25.0 Å². The summed E-state index contributed by atoms with van der Waals surface area (Å²) in [5.74, 6) is 2.92. The molecule has 3 rings (SSSR count). The lowest BCUT2D eigenvalue weighted by atomic mass is 10.2. The first-order chi connectivity index (χ1) is 14.1. The number of nitrogens with zero attached hydrogens (tertiary/aromatic N) is 1. The number of rotatable bonds is 11. The van der Waals surface area contributed by atoms with Crippen LogP contribution in [0.25, 0.3) is 0 Å². The number of likely N-dealkylation sites (N-methyl/N-ethyl adjacent to an activating group) is 1. The first-order valence-electron chi connectivity index (χ1n) is 9.95. The third-order valence-electron chi connectivity index (χ3n) is 4.94. The van der Waals surface area contributed by atoms with Gasteiger partial charge in [-0.3, -0.25) is 0 Å². The smallest absolute Gasteiger partial charge is 0.231 e. The van der Waals surface area contributed by atoms with E-state index in [1.165, 1.54) is 0 Å². The maximum atomic E-state index is 6.05. The Bertz CT molecular complexity index is 812. The highest BCUT2D eigenvalue weighted by Gasteiger charge is 2.15. The standard InChI is InChI=1S/C22H29BrN2O4/c1-4-25(5-2)9-8-24-13-17-10-18(23)22(21(12-17)26-3)27-14-16-6-7-19-20(11-16)29-15-28-19/h6-7,10-12,24H,4-5,8-9,13-15H2,1-3H3. The van der Waals surface area contributed by atoms with Crippen molar-refractivity contribution in [3.8, 4) is 23.0 Å². The SMILES string of the molecule is CCN(CC)CCNCc1cc(Br)c(OCc2ccc3c(c2)OCO3)c(OC)c1. The maximum absolute atomic E-state index is 6.05. The number of hydrogen-bond donors (Lipinski definition) is 1. The molecule has 1 N–H and O–H groups in total. The predicted molar refractivity (Wildman–Crippen MR) is 117 cm³/mol. The fourth-order valence-corrected chi connectivity index (χ4v) is 3.82. The van der Waals surface area contributed by atoms with Gasteiger partial charge in [-0.2, -0.15) is 0 Å². The first-order valence-corrected chi connectivity index (χ1v) is 10.7. The van der Waals surface area contributed by atoms with Gasteiger partial charge in [0, 0.05) is 19.6 Å². The van der Waals surface area contributed by atoms with Gasteiger partial charge >= 0.3 is 0 Å². The van der Waals surface area contributed by atoms with Crippen LogP contribution in [0.15, 0.2) is 34.8 Å². The summed E-state index contributed by atoms with van der Waals surface area (Å²) in [4.78, 5) is 2.40. The van der Waals surface area contributed by atoms with E-state index in [9.17, 15) is 0 Å². The topological polar surface area (TPSA) is 52.2 Å². The predicted octanol–water partition coefficient (Wildman–Crippen LogP) is 4.20. The molecule has 0 amide bonds. The van der Waals surface area contributed by atoms with E-state index in [1.54, 1.807) is 7.11 Å². The summed E-state index contributed by atoms with van der Waals surface area (Å²) in [6.07, 6.45) is 0. The minimum atomic E-state index is 0.267. The average molecular weight is 465 g/mol. The molecule has 0 saturated heterocycles. The van der Waals surface area contributed by atoms with Gasteiger partial charge in [-0.05, 0) is 64.4 Å². The van der Waals surface area contributed by atoms with Crippen molar-refractivity contribution in [3.05, 3.63) is 45.9 Å². The molecule has 0 aromatic heterocycles. The van der Waals surface area contributed by atoms with Crippen LogP contribution < -0.4 is 24.3 Å². The molecule has 29 heavy (non-hydrogen) atoms. The highest BCUT2D eigenvalue weighted by Crippen LogP contribution is 2.38. The summed E-state index contributed by atoms with van der Waals surface area (Å²) in [6.45, 7) is 9.97. The molecule has 0 atom stereocenters. The summed E-state index contributed by atoms with van der Waals surface area (Å²) in [7, 11) is 1.66. The zero-order chi connectivity index (χ0) is 20.6. The molecular weight excluding hydrogens is 436 g/mol. The minimum Gasteiger partial charge on any atom is -0.493 e. The third kappa shape index (κ3) is 5.78. The summed E-state index contributed by atoms with van der Waals surface area (Å²) in [6, 6.07) is 9.91. The van der Waals surface area contributed by atoms with Crippen molar-refractivity contribution < 1.29 is 18.9 Å². The van der Waals surface area contributed by atoms with Crippen LogP contribution in [0.3, 0.4) is 0 Å². The Kier molecular flexibility index (Phi) is 8.03. The van der Waals surface area contributed by atoms with Gasteiger partial charge in [0.05, 0.1) is 11.6 Å². The Morgan fingerprint density at radius 2 is 1.86 bits per heavy atom. The molecule has 2 aromatic rings. The Hall–Kier alpha value is -1.96. The zero-order valence-electron chi connectivity index (χ0n) is 17.3. The number of halogens is 1. The van der Waals surface area contributed by atoms with E-state index in [0.29, 0.717) is 18.1 Å². The molecule has 0 unspecified atom stereocenters. The zero-order valence-corrected chi connectivity index (χ0v) is 18.9. The second kappa shape index (κ2) is 10.7. The largest absolute Gasteiger partial charge is 0.493 e. The van der Waals surface area contributed by atoms with Crippen molar-refractivity contribution in [2.24, 2.45) is 0 Å².